The summed E-state index contributed by atoms with van der Waals surface area (Å²) in [5.74, 6) is 1.13. The lowest BCUT2D eigenvalue weighted by Crippen LogP contribution is -2.28. The average molecular weight is 337 g/mol. The van der Waals surface area contributed by atoms with Gasteiger partial charge in [0.25, 0.3) is 0 Å². The molecule has 1 atom stereocenters. The maximum absolute atomic E-state index is 13.0. The lowest BCUT2D eigenvalue weighted by atomic mass is 10.1. The maximum Gasteiger partial charge on any atom is 0.243 e. The minimum Gasteiger partial charge on any atom is -0.339 e. The van der Waals surface area contributed by atoms with Gasteiger partial charge in [-0.15, -0.1) is 0 Å². The topological polar surface area (TPSA) is 76.3 Å². The molecular formula is C15H16FN3O3S. The summed E-state index contributed by atoms with van der Waals surface area (Å²) in [5.41, 5.74) is 0. The van der Waals surface area contributed by atoms with Crippen LogP contribution in [0.15, 0.2) is 33.7 Å². The van der Waals surface area contributed by atoms with Gasteiger partial charge in [-0.05, 0) is 43.5 Å². The summed E-state index contributed by atoms with van der Waals surface area (Å²) in [4.78, 5) is 4.51. The molecule has 1 saturated carbocycles. The van der Waals surface area contributed by atoms with Crippen LogP contribution in [0.1, 0.15) is 42.8 Å². The van der Waals surface area contributed by atoms with Gasteiger partial charge < -0.3 is 4.52 Å². The van der Waals surface area contributed by atoms with Crippen LogP contribution < -0.4 is 0 Å². The number of sulfonamides is 1. The molecule has 1 saturated heterocycles. The second kappa shape index (κ2) is 5.38. The average Bonchev–Trinajstić information content (AvgIpc) is 3.07. The van der Waals surface area contributed by atoms with Crippen molar-refractivity contribution in [2.45, 2.75) is 36.0 Å². The third-order valence-electron chi connectivity index (χ3n) is 4.35. The Hall–Kier alpha value is -1.80. The Labute approximate surface area is 133 Å². The van der Waals surface area contributed by atoms with E-state index in [9.17, 15) is 12.8 Å². The van der Waals surface area contributed by atoms with Gasteiger partial charge in [-0.3, -0.25) is 0 Å². The second-order valence-electron chi connectivity index (χ2n) is 6.07. The largest absolute Gasteiger partial charge is 0.339 e. The molecule has 6 nitrogen and oxygen atoms in total. The highest BCUT2D eigenvalue weighted by Gasteiger charge is 2.37. The Kier molecular flexibility index (Phi) is 3.46. The predicted molar refractivity (Wildman–Crippen MR) is 78.8 cm³/mol. The van der Waals surface area contributed by atoms with Gasteiger partial charge in [-0.2, -0.15) is 9.29 Å². The normalized spacial score (nSPS) is 22.6. The molecule has 0 bridgehead atoms. The standard InChI is InChI=1S/C15H16FN3O3S/c16-12-3-5-13(6-4-12)23(20,21)19-8-7-11(9-19)14-17-15(22-18-14)10-1-2-10/h3-6,10-11H,1-2,7-9H2. The van der Waals surface area contributed by atoms with Crippen LogP contribution in [0.25, 0.3) is 0 Å². The van der Waals surface area contributed by atoms with E-state index >= 15 is 0 Å². The molecule has 23 heavy (non-hydrogen) atoms. The van der Waals surface area contributed by atoms with Gasteiger partial charge in [-0.1, -0.05) is 5.16 Å². The zero-order chi connectivity index (χ0) is 16.0. The summed E-state index contributed by atoms with van der Waals surface area (Å²) < 4.78 is 44.8. The second-order valence-corrected chi connectivity index (χ2v) is 8.01. The number of nitrogens with zero attached hydrogens (tertiary/aromatic N) is 3. The Morgan fingerprint density at radius 1 is 1.13 bits per heavy atom. The van der Waals surface area contributed by atoms with Crippen molar-refractivity contribution >= 4 is 10.0 Å². The fourth-order valence-electron chi connectivity index (χ4n) is 2.82. The summed E-state index contributed by atoms with van der Waals surface area (Å²) in [5, 5.41) is 4.00. The van der Waals surface area contributed by atoms with Crippen molar-refractivity contribution in [1.29, 1.82) is 0 Å². The lowest BCUT2D eigenvalue weighted by Gasteiger charge is -2.15. The monoisotopic (exact) mass is 337 g/mol. The first kappa shape index (κ1) is 14.8. The molecule has 0 spiro atoms. The summed E-state index contributed by atoms with van der Waals surface area (Å²) in [6.45, 7) is 0.723. The summed E-state index contributed by atoms with van der Waals surface area (Å²) >= 11 is 0. The van der Waals surface area contributed by atoms with E-state index in [-0.39, 0.29) is 10.8 Å². The first-order valence-electron chi connectivity index (χ1n) is 7.63. The maximum atomic E-state index is 13.0. The molecule has 2 heterocycles. The molecule has 2 fully saturated rings. The summed E-state index contributed by atoms with van der Waals surface area (Å²) in [6.07, 6.45) is 2.82. The van der Waals surface area contributed by atoms with Crippen molar-refractivity contribution in [3.05, 3.63) is 41.8 Å². The molecule has 1 unspecified atom stereocenters. The van der Waals surface area contributed by atoms with Crippen LogP contribution in [0, 0.1) is 5.82 Å². The van der Waals surface area contributed by atoms with Crippen molar-refractivity contribution in [2.75, 3.05) is 13.1 Å². The fourth-order valence-corrected chi connectivity index (χ4v) is 4.32. The van der Waals surface area contributed by atoms with E-state index in [1.165, 1.54) is 16.4 Å². The lowest BCUT2D eigenvalue weighted by molar-refractivity contribution is 0.370. The molecule has 1 aromatic carbocycles. The van der Waals surface area contributed by atoms with Gasteiger partial charge in [-0.25, -0.2) is 12.8 Å². The van der Waals surface area contributed by atoms with Gasteiger partial charge in [0.15, 0.2) is 5.82 Å². The first-order chi connectivity index (χ1) is 11.0. The van der Waals surface area contributed by atoms with Crippen LogP contribution >= 0.6 is 0 Å². The Balaban J connectivity index is 1.51. The number of hydrogen-bond acceptors (Lipinski definition) is 5. The summed E-state index contributed by atoms with van der Waals surface area (Å²) in [7, 11) is -3.61. The Morgan fingerprint density at radius 2 is 1.87 bits per heavy atom. The molecule has 0 N–H and O–H groups in total. The van der Waals surface area contributed by atoms with E-state index < -0.39 is 15.8 Å². The van der Waals surface area contributed by atoms with Gasteiger partial charge in [0.05, 0.1) is 4.90 Å². The highest BCUT2D eigenvalue weighted by molar-refractivity contribution is 7.89. The van der Waals surface area contributed by atoms with Crippen LogP contribution in [0.2, 0.25) is 0 Å². The zero-order valence-electron chi connectivity index (χ0n) is 12.4. The van der Waals surface area contributed by atoms with Crippen molar-refractivity contribution in [1.82, 2.24) is 14.4 Å². The smallest absolute Gasteiger partial charge is 0.243 e. The number of rotatable bonds is 4. The van der Waals surface area contributed by atoms with Crippen molar-refractivity contribution < 1.29 is 17.3 Å². The van der Waals surface area contributed by atoms with Gasteiger partial charge in [0.1, 0.15) is 5.82 Å². The van der Waals surface area contributed by atoms with E-state index in [2.05, 4.69) is 10.1 Å². The minimum absolute atomic E-state index is 0.0542. The van der Waals surface area contributed by atoms with Crippen LogP contribution in [-0.2, 0) is 10.0 Å². The van der Waals surface area contributed by atoms with Crippen LogP contribution in [0.3, 0.4) is 0 Å². The molecule has 0 amide bonds. The first-order valence-corrected chi connectivity index (χ1v) is 9.07. The van der Waals surface area contributed by atoms with Gasteiger partial charge in [0, 0.05) is 24.9 Å². The zero-order valence-corrected chi connectivity index (χ0v) is 13.2. The minimum atomic E-state index is -3.61. The Morgan fingerprint density at radius 3 is 2.57 bits per heavy atom. The molecule has 8 heteroatoms. The number of aromatic nitrogens is 2. The third-order valence-corrected chi connectivity index (χ3v) is 6.23. The molecule has 1 aliphatic heterocycles. The molecule has 2 aromatic rings. The molecular weight excluding hydrogens is 321 g/mol. The fraction of sp³-hybridized carbons (Fsp3) is 0.467. The third kappa shape index (κ3) is 2.76. The molecule has 4 rings (SSSR count). The van der Waals surface area contributed by atoms with E-state index in [0.29, 0.717) is 37.1 Å². The van der Waals surface area contributed by atoms with Crippen LogP contribution in [0.4, 0.5) is 4.39 Å². The highest BCUT2D eigenvalue weighted by Crippen LogP contribution is 2.40. The molecule has 0 radical (unpaired) electrons. The van der Waals surface area contributed by atoms with Crippen molar-refractivity contribution in [3.63, 3.8) is 0 Å². The van der Waals surface area contributed by atoms with Crippen LogP contribution in [0.5, 0.6) is 0 Å². The number of hydrogen-bond donors (Lipinski definition) is 0. The van der Waals surface area contributed by atoms with E-state index in [0.717, 1.165) is 25.0 Å². The van der Waals surface area contributed by atoms with E-state index in [1.807, 2.05) is 0 Å². The van der Waals surface area contributed by atoms with Crippen molar-refractivity contribution in [2.24, 2.45) is 0 Å². The number of benzene rings is 1. The SMILES string of the molecule is O=S(=O)(c1ccc(F)cc1)N1CCC(c2noc(C3CC3)n2)C1. The summed E-state index contributed by atoms with van der Waals surface area (Å²) in [6, 6.07) is 4.89. The van der Waals surface area contributed by atoms with Gasteiger partial charge >= 0.3 is 0 Å². The predicted octanol–water partition coefficient (Wildman–Crippen LogP) is 2.26. The highest BCUT2D eigenvalue weighted by atomic mass is 32.2. The Bertz CT molecular complexity index is 815. The quantitative estimate of drug-likeness (QED) is 0.855. The molecule has 1 aliphatic carbocycles. The van der Waals surface area contributed by atoms with E-state index in [1.54, 1.807) is 0 Å². The molecule has 2 aliphatic rings. The van der Waals surface area contributed by atoms with Crippen molar-refractivity contribution in [3.8, 4) is 0 Å². The number of halogens is 1. The van der Waals surface area contributed by atoms with Gasteiger partial charge in [0.2, 0.25) is 15.9 Å². The molecule has 1 aromatic heterocycles. The van der Waals surface area contributed by atoms with Crippen LogP contribution in [-0.4, -0.2) is 36.0 Å². The van der Waals surface area contributed by atoms with E-state index in [4.69, 9.17) is 4.52 Å². The molecule has 122 valence electrons.